The first-order valence-corrected chi connectivity index (χ1v) is 12.3. The number of phenolic OH excluding ortho intramolecular Hbond substituents is 2. The van der Waals surface area contributed by atoms with Crippen molar-refractivity contribution in [2.45, 2.75) is 13.8 Å². The van der Waals surface area contributed by atoms with Crippen LogP contribution in [0.15, 0.2) is 107 Å². The summed E-state index contributed by atoms with van der Waals surface area (Å²) in [6, 6.07) is 31.0. The van der Waals surface area contributed by atoms with Crippen LogP contribution in [0, 0.1) is 0 Å². The zero-order valence-corrected chi connectivity index (χ0v) is 23.6. The molecule has 0 aliphatic carbocycles. The van der Waals surface area contributed by atoms with E-state index < -0.39 is 11.9 Å². The zero-order chi connectivity index (χ0) is 29.3. The molecule has 4 aromatic carbocycles. The molecule has 0 atom stereocenters. The Kier molecular flexibility index (Phi) is 15.5. The van der Waals surface area contributed by atoms with Gasteiger partial charge in [0.2, 0.25) is 0 Å². The molecule has 0 aliphatic heterocycles. The maximum atomic E-state index is 10.1. The molecule has 4 aromatic rings. The van der Waals surface area contributed by atoms with Gasteiger partial charge in [0.25, 0.3) is 0 Å². The first-order valence-electron chi connectivity index (χ1n) is 12.3. The minimum atomic E-state index is -1.08. The second-order valence-electron chi connectivity index (χ2n) is 8.33. The van der Waals surface area contributed by atoms with Crippen LogP contribution >= 0.6 is 0 Å². The average molecular weight is 598 g/mol. The number of phenols is 2. The summed E-state index contributed by atoms with van der Waals surface area (Å²) in [6.07, 6.45) is 3.34. The Balaban J connectivity index is 0.000000830. The number of carboxylic acids is 2. The van der Waals surface area contributed by atoms with Crippen LogP contribution in [-0.4, -0.2) is 47.7 Å². The Bertz CT molecular complexity index is 1320. The van der Waals surface area contributed by atoms with Gasteiger partial charge < -0.3 is 30.0 Å². The van der Waals surface area contributed by atoms with E-state index in [1.54, 1.807) is 24.6 Å². The number of aromatic hydroxyl groups is 2. The van der Waals surface area contributed by atoms with E-state index in [-0.39, 0.29) is 28.3 Å². The van der Waals surface area contributed by atoms with Crippen LogP contribution in [0.5, 0.6) is 11.5 Å². The summed E-state index contributed by atoms with van der Waals surface area (Å²) in [5, 5.41) is 38.0. The van der Waals surface area contributed by atoms with Crippen LogP contribution in [0.2, 0.25) is 0 Å². The van der Waals surface area contributed by atoms with Crippen LogP contribution < -0.4 is 10.2 Å². The maximum absolute atomic E-state index is 10.1. The van der Waals surface area contributed by atoms with E-state index in [0.29, 0.717) is 24.2 Å². The van der Waals surface area contributed by atoms with Crippen LogP contribution in [0.3, 0.4) is 0 Å². The van der Waals surface area contributed by atoms with E-state index in [0.717, 1.165) is 36.1 Å². The second-order valence-corrected chi connectivity index (χ2v) is 8.33. The molecule has 0 saturated carbocycles. The molecule has 0 amide bonds. The molecule has 0 unspecified atom stereocenters. The smallest absolute Gasteiger partial charge is 0.550 e. The van der Waals surface area contributed by atoms with Gasteiger partial charge in [-0.05, 0) is 60.4 Å². The van der Waals surface area contributed by atoms with E-state index in [1.165, 1.54) is 0 Å². The molecule has 0 bridgehead atoms. The molecule has 0 fully saturated rings. The van der Waals surface area contributed by atoms with Crippen molar-refractivity contribution in [2.75, 3.05) is 13.1 Å². The molecule has 0 heterocycles. The Morgan fingerprint density at radius 1 is 0.610 bits per heavy atom. The predicted molar refractivity (Wildman–Crippen MR) is 153 cm³/mol. The van der Waals surface area contributed by atoms with Gasteiger partial charge in [0.15, 0.2) is 0 Å². The molecule has 0 spiro atoms. The average Bonchev–Trinajstić information content (AvgIpc) is 2.93. The maximum Gasteiger partial charge on any atom is 2.00 e. The third-order valence-corrected chi connectivity index (χ3v) is 5.09. The van der Waals surface area contributed by atoms with Gasteiger partial charge >= 0.3 is 16.8 Å². The summed E-state index contributed by atoms with van der Waals surface area (Å²) in [7, 11) is 0. The number of carbonyl (C=O) groups is 2. The van der Waals surface area contributed by atoms with Crippen LogP contribution in [-0.2, 0) is 26.4 Å². The van der Waals surface area contributed by atoms with Gasteiger partial charge in [-0.15, -0.1) is 0 Å². The Morgan fingerprint density at radius 2 is 0.927 bits per heavy atom. The number of hydrogen-bond donors (Lipinski definition) is 2. The summed E-state index contributed by atoms with van der Waals surface area (Å²) in [5.74, 6) is -1.78. The number of aliphatic imine (C=N–C) groups is 2. The van der Waals surface area contributed by atoms with E-state index in [9.17, 15) is 10.2 Å². The van der Waals surface area contributed by atoms with Crippen LogP contribution in [0.1, 0.15) is 25.0 Å². The van der Waals surface area contributed by atoms with Crippen molar-refractivity contribution < 1.29 is 46.8 Å². The van der Waals surface area contributed by atoms with Crippen molar-refractivity contribution >= 4 is 24.4 Å². The van der Waals surface area contributed by atoms with Crippen molar-refractivity contribution in [1.29, 1.82) is 0 Å². The van der Waals surface area contributed by atoms with E-state index in [2.05, 4.69) is 9.98 Å². The topological polar surface area (TPSA) is 145 Å². The minimum absolute atomic E-state index is 0. The third-order valence-electron chi connectivity index (χ3n) is 5.09. The molecular formula is C32H30CoN2O6. The monoisotopic (exact) mass is 597 g/mol. The molecule has 0 aromatic heterocycles. The SMILES string of the molecule is CC(=O)[O-].CC(=O)[O-].Oc1ccc(-c2ccccc2)cc1C=NCCN=Cc1cc(-c2ccccc2)ccc1O.[Co+2]. The molecular weight excluding hydrogens is 567 g/mol. The zero-order valence-electron chi connectivity index (χ0n) is 22.6. The Labute approximate surface area is 249 Å². The van der Waals surface area contributed by atoms with Gasteiger partial charge in [0.1, 0.15) is 11.5 Å². The standard InChI is InChI=1S/C28H24N2O2.2C2H4O2.Co/c31-27-13-11-23(21-7-3-1-4-8-21)17-25(27)19-29-15-16-30-20-26-18-24(12-14-28(26)32)22-9-5-2-6-10-22;2*1-2(3)4;/h1-14,17-20,31-32H,15-16H2;2*1H3,(H,3,4);/q;;;+2/p-2. The van der Waals surface area contributed by atoms with Crippen molar-refractivity contribution in [3.05, 3.63) is 108 Å². The molecule has 2 N–H and O–H groups in total. The summed E-state index contributed by atoms with van der Waals surface area (Å²) in [5.41, 5.74) is 5.56. The molecule has 9 heteroatoms. The minimum Gasteiger partial charge on any atom is -0.550 e. The second kappa shape index (κ2) is 18.5. The summed E-state index contributed by atoms with van der Waals surface area (Å²) >= 11 is 0. The fourth-order valence-electron chi connectivity index (χ4n) is 3.38. The number of nitrogens with zero attached hydrogens (tertiary/aromatic N) is 2. The first-order chi connectivity index (χ1) is 19.2. The van der Waals surface area contributed by atoms with Gasteiger partial charge in [0.05, 0.1) is 13.1 Å². The largest absolute Gasteiger partial charge is 2.00 e. The van der Waals surface area contributed by atoms with E-state index in [1.807, 2.05) is 84.9 Å². The Hall–Kier alpha value is -4.73. The van der Waals surface area contributed by atoms with Gasteiger partial charge in [0, 0.05) is 35.5 Å². The molecule has 0 aliphatic rings. The molecule has 213 valence electrons. The molecule has 8 nitrogen and oxygen atoms in total. The van der Waals surface area contributed by atoms with Gasteiger partial charge in [-0.1, -0.05) is 72.8 Å². The summed E-state index contributed by atoms with van der Waals surface area (Å²) in [6.45, 7) is 2.90. The van der Waals surface area contributed by atoms with Crippen molar-refractivity contribution in [2.24, 2.45) is 9.98 Å². The summed E-state index contributed by atoms with van der Waals surface area (Å²) < 4.78 is 0. The normalized spacial score (nSPS) is 10.1. The Morgan fingerprint density at radius 3 is 1.24 bits per heavy atom. The number of aliphatic carboxylic acids is 2. The van der Waals surface area contributed by atoms with Gasteiger partial charge in [-0.2, -0.15) is 0 Å². The number of carbonyl (C=O) groups excluding carboxylic acids is 2. The van der Waals surface area contributed by atoms with Crippen LogP contribution in [0.4, 0.5) is 0 Å². The molecule has 41 heavy (non-hydrogen) atoms. The van der Waals surface area contributed by atoms with Crippen molar-refractivity contribution in [1.82, 2.24) is 0 Å². The fourth-order valence-corrected chi connectivity index (χ4v) is 3.38. The van der Waals surface area contributed by atoms with Gasteiger partial charge in [-0.3, -0.25) is 9.98 Å². The van der Waals surface area contributed by atoms with Crippen molar-refractivity contribution in [3.63, 3.8) is 0 Å². The number of rotatable bonds is 7. The molecule has 0 saturated heterocycles. The molecule has 1 radical (unpaired) electrons. The predicted octanol–water partition coefficient (Wildman–Crippen LogP) is 3.48. The number of carboxylic acid groups (broad SMARTS) is 2. The van der Waals surface area contributed by atoms with Gasteiger partial charge in [-0.25, -0.2) is 0 Å². The number of hydrogen-bond acceptors (Lipinski definition) is 8. The number of benzene rings is 4. The van der Waals surface area contributed by atoms with E-state index >= 15 is 0 Å². The quantitative estimate of drug-likeness (QED) is 0.247. The third kappa shape index (κ3) is 13.3. The first kappa shape index (κ1) is 34.3. The van der Waals surface area contributed by atoms with E-state index in [4.69, 9.17) is 19.8 Å². The summed E-state index contributed by atoms with van der Waals surface area (Å²) in [4.78, 5) is 26.6. The van der Waals surface area contributed by atoms with Crippen molar-refractivity contribution in [3.8, 4) is 33.8 Å². The molecule has 4 rings (SSSR count). The fraction of sp³-hybridized carbons (Fsp3) is 0.125. The van der Waals surface area contributed by atoms with Crippen LogP contribution in [0.25, 0.3) is 22.3 Å².